The molecule has 2 heterocycles. The molecule has 0 unspecified atom stereocenters. The first-order valence-corrected chi connectivity index (χ1v) is 12.1. The minimum atomic E-state index is -4.73. The quantitative estimate of drug-likeness (QED) is 0.243. The molecule has 0 radical (unpaired) electrons. The minimum absolute atomic E-state index is 0.0996. The third kappa shape index (κ3) is 7.38. The summed E-state index contributed by atoms with van der Waals surface area (Å²) in [6, 6.07) is 12.6. The standard InChI is InChI=1S/C27H24F3N7O4/c1-16-9-12-34-37(16)26(40)33-15-17-3-4-19(13-22(17)27(28,29)30)36-25(39)35-18-5-7-20(8-6-18)41-21-10-11-32-23(14-21)24(38)31-2/h3-14H,15H2,1-2H3,(H,31,38)(H,33,40)(H2,35,36,39). The number of nitrogens with one attached hydrogen (secondary N) is 4. The van der Waals surface area contributed by atoms with Crippen LogP contribution in [0.2, 0.25) is 0 Å². The molecule has 0 aliphatic carbocycles. The molecule has 0 saturated heterocycles. The highest BCUT2D eigenvalue weighted by Gasteiger charge is 2.34. The number of carbonyl (C=O) groups is 3. The summed E-state index contributed by atoms with van der Waals surface area (Å²) in [7, 11) is 1.48. The average Bonchev–Trinajstić information content (AvgIpc) is 3.38. The average molecular weight is 568 g/mol. The molecule has 212 valence electrons. The molecule has 0 aliphatic heterocycles. The lowest BCUT2D eigenvalue weighted by molar-refractivity contribution is -0.138. The smallest absolute Gasteiger partial charge is 0.416 e. The Kier molecular flexibility index (Phi) is 8.51. The van der Waals surface area contributed by atoms with Crippen LogP contribution in [0.5, 0.6) is 11.5 Å². The van der Waals surface area contributed by atoms with Crippen molar-refractivity contribution in [2.24, 2.45) is 0 Å². The molecule has 4 aromatic rings. The minimum Gasteiger partial charge on any atom is -0.457 e. The lowest BCUT2D eigenvalue weighted by atomic mass is 10.1. The van der Waals surface area contributed by atoms with E-state index in [0.717, 1.165) is 10.7 Å². The first-order valence-electron chi connectivity index (χ1n) is 12.1. The summed E-state index contributed by atoms with van der Waals surface area (Å²) in [5, 5.41) is 13.6. The van der Waals surface area contributed by atoms with Gasteiger partial charge in [-0.2, -0.15) is 23.0 Å². The van der Waals surface area contributed by atoms with Gasteiger partial charge in [-0.1, -0.05) is 6.07 Å². The van der Waals surface area contributed by atoms with E-state index in [2.05, 4.69) is 31.3 Å². The number of alkyl halides is 3. The summed E-state index contributed by atoms with van der Waals surface area (Å²) >= 11 is 0. The number of urea groups is 1. The van der Waals surface area contributed by atoms with E-state index >= 15 is 0 Å². The SMILES string of the molecule is CNC(=O)c1cc(Oc2ccc(NC(=O)Nc3ccc(CNC(=O)n4nccc4C)c(C(F)(F)F)c3)cc2)ccn1. The number of benzene rings is 2. The summed E-state index contributed by atoms with van der Waals surface area (Å²) in [6.45, 7) is 1.23. The third-order valence-corrected chi connectivity index (χ3v) is 5.67. The maximum Gasteiger partial charge on any atom is 0.416 e. The number of hydrogen-bond acceptors (Lipinski definition) is 6. The first-order chi connectivity index (χ1) is 19.5. The van der Waals surface area contributed by atoms with Crippen LogP contribution in [0.4, 0.5) is 34.1 Å². The van der Waals surface area contributed by atoms with Crippen molar-refractivity contribution in [1.82, 2.24) is 25.4 Å². The van der Waals surface area contributed by atoms with Crippen LogP contribution >= 0.6 is 0 Å². The largest absolute Gasteiger partial charge is 0.457 e. The molecule has 14 heteroatoms. The molecule has 2 aromatic carbocycles. The maximum atomic E-state index is 13.8. The Morgan fingerprint density at radius 1 is 0.902 bits per heavy atom. The van der Waals surface area contributed by atoms with E-state index in [0.29, 0.717) is 22.9 Å². The van der Waals surface area contributed by atoms with Crippen molar-refractivity contribution in [3.05, 3.63) is 95.6 Å². The molecular weight excluding hydrogens is 543 g/mol. The topological polar surface area (TPSA) is 139 Å². The van der Waals surface area contributed by atoms with E-state index in [9.17, 15) is 27.6 Å². The number of aromatic nitrogens is 3. The number of amides is 4. The Bertz CT molecular complexity index is 1570. The van der Waals surface area contributed by atoms with Crippen LogP contribution < -0.4 is 26.0 Å². The van der Waals surface area contributed by atoms with E-state index in [1.165, 1.54) is 49.8 Å². The maximum absolute atomic E-state index is 13.8. The third-order valence-electron chi connectivity index (χ3n) is 5.67. The number of anilines is 2. The molecule has 11 nitrogen and oxygen atoms in total. The molecule has 0 spiro atoms. The Labute approximate surface area is 231 Å². The van der Waals surface area contributed by atoms with Gasteiger partial charge in [0.15, 0.2) is 0 Å². The molecule has 0 atom stereocenters. The van der Waals surface area contributed by atoms with Gasteiger partial charge in [-0.15, -0.1) is 0 Å². The van der Waals surface area contributed by atoms with Gasteiger partial charge >= 0.3 is 18.2 Å². The number of ether oxygens (including phenoxy) is 1. The highest BCUT2D eigenvalue weighted by atomic mass is 19.4. The Morgan fingerprint density at radius 3 is 2.27 bits per heavy atom. The van der Waals surface area contributed by atoms with Gasteiger partial charge < -0.3 is 26.0 Å². The van der Waals surface area contributed by atoms with E-state index in [1.54, 1.807) is 31.2 Å². The molecule has 0 bridgehead atoms. The van der Waals surface area contributed by atoms with Crippen molar-refractivity contribution in [2.75, 3.05) is 17.7 Å². The van der Waals surface area contributed by atoms with Crippen LogP contribution in [-0.4, -0.2) is 39.8 Å². The summed E-state index contributed by atoms with van der Waals surface area (Å²) in [6.07, 6.45) is -1.91. The fraction of sp³-hybridized carbons (Fsp3) is 0.148. The molecule has 4 amide bonds. The van der Waals surface area contributed by atoms with Gasteiger partial charge in [0.2, 0.25) is 0 Å². The highest BCUT2D eigenvalue weighted by molar-refractivity contribution is 5.99. The van der Waals surface area contributed by atoms with Gasteiger partial charge in [0, 0.05) is 49.1 Å². The van der Waals surface area contributed by atoms with Gasteiger partial charge in [-0.25, -0.2) is 9.59 Å². The van der Waals surface area contributed by atoms with Crippen molar-refractivity contribution in [2.45, 2.75) is 19.6 Å². The predicted octanol–water partition coefficient (Wildman–Crippen LogP) is 5.16. The lowest BCUT2D eigenvalue weighted by Crippen LogP contribution is -2.30. The second-order valence-corrected chi connectivity index (χ2v) is 8.57. The Hall–Kier alpha value is -5.40. The fourth-order valence-electron chi connectivity index (χ4n) is 3.66. The summed E-state index contributed by atoms with van der Waals surface area (Å²) in [4.78, 5) is 40.4. The molecule has 4 rings (SSSR count). The van der Waals surface area contributed by atoms with Crippen LogP contribution in [0, 0.1) is 6.92 Å². The summed E-state index contributed by atoms with van der Waals surface area (Å²) in [5.74, 6) is 0.410. The zero-order valence-corrected chi connectivity index (χ0v) is 21.7. The van der Waals surface area contributed by atoms with E-state index < -0.39 is 30.3 Å². The Balaban J connectivity index is 1.38. The van der Waals surface area contributed by atoms with Gasteiger partial charge in [0.1, 0.15) is 17.2 Å². The molecule has 0 saturated carbocycles. The summed E-state index contributed by atoms with van der Waals surface area (Å²) in [5.41, 5.74) is -0.247. The molecule has 0 aliphatic rings. The van der Waals surface area contributed by atoms with Crippen LogP contribution in [0.3, 0.4) is 0 Å². The van der Waals surface area contributed by atoms with Crippen molar-refractivity contribution >= 4 is 29.3 Å². The molecular formula is C27H24F3N7O4. The van der Waals surface area contributed by atoms with Gasteiger partial charge in [0.25, 0.3) is 5.91 Å². The monoisotopic (exact) mass is 567 g/mol. The van der Waals surface area contributed by atoms with Crippen LogP contribution in [0.15, 0.2) is 73.1 Å². The Morgan fingerprint density at radius 2 is 1.61 bits per heavy atom. The van der Waals surface area contributed by atoms with Crippen LogP contribution in [-0.2, 0) is 12.7 Å². The van der Waals surface area contributed by atoms with E-state index in [1.807, 2.05) is 0 Å². The molecule has 41 heavy (non-hydrogen) atoms. The normalized spacial score (nSPS) is 11.0. The van der Waals surface area contributed by atoms with Gasteiger partial charge in [0.05, 0.1) is 5.56 Å². The second-order valence-electron chi connectivity index (χ2n) is 8.57. The van der Waals surface area contributed by atoms with Crippen molar-refractivity contribution in [3.8, 4) is 11.5 Å². The predicted molar refractivity (Wildman–Crippen MR) is 143 cm³/mol. The number of hydrogen-bond donors (Lipinski definition) is 4. The molecule has 2 aromatic heterocycles. The zero-order chi connectivity index (χ0) is 29.6. The van der Waals surface area contributed by atoms with Crippen molar-refractivity contribution < 1.29 is 32.3 Å². The van der Waals surface area contributed by atoms with Gasteiger partial charge in [-0.05, 0) is 61.0 Å². The number of pyridine rings is 1. The molecule has 4 N–H and O–H groups in total. The van der Waals surface area contributed by atoms with Gasteiger partial charge in [-0.3, -0.25) is 9.78 Å². The van der Waals surface area contributed by atoms with E-state index in [-0.39, 0.29) is 22.9 Å². The first kappa shape index (κ1) is 28.6. The number of carbonyl (C=O) groups excluding carboxylic acids is 3. The fourth-order valence-corrected chi connectivity index (χ4v) is 3.66. The van der Waals surface area contributed by atoms with Crippen LogP contribution in [0.25, 0.3) is 0 Å². The van der Waals surface area contributed by atoms with Crippen molar-refractivity contribution in [3.63, 3.8) is 0 Å². The van der Waals surface area contributed by atoms with Crippen molar-refractivity contribution in [1.29, 1.82) is 0 Å². The second kappa shape index (κ2) is 12.2. The number of halogens is 3. The zero-order valence-electron chi connectivity index (χ0n) is 21.7. The number of nitrogens with zero attached hydrogens (tertiary/aromatic N) is 3. The summed E-state index contributed by atoms with van der Waals surface area (Å²) < 4.78 is 48.0. The number of aryl methyl sites for hydroxylation is 1. The number of rotatable bonds is 7. The molecule has 0 fully saturated rings. The van der Waals surface area contributed by atoms with E-state index in [4.69, 9.17) is 4.74 Å². The van der Waals surface area contributed by atoms with Crippen LogP contribution in [0.1, 0.15) is 27.3 Å². The highest BCUT2D eigenvalue weighted by Crippen LogP contribution is 2.34. The lowest BCUT2D eigenvalue weighted by Gasteiger charge is -2.16.